The van der Waals surface area contributed by atoms with Crippen LogP contribution in [0.2, 0.25) is 0 Å². The highest BCUT2D eigenvalue weighted by molar-refractivity contribution is 7.98. The lowest BCUT2D eigenvalue weighted by Gasteiger charge is -2.03. The first-order valence-electron chi connectivity index (χ1n) is 4.42. The highest BCUT2D eigenvalue weighted by Crippen LogP contribution is 2.32. The molecule has 1 heterocycles. The number of hydrogen-bond donors (Lipinski definition) is 1. The van der Waals surface area contributed by atoms with E-state index in [0.717, 1.165) is 16.8 Å². The number of aromatic nitrogens is 2. The van der Waals surface area contributed by atoms with Crippen LogP contribution in [-0.2, 0) is 0 Å². The molecule has 1 fully saturated rings. The first kappa shape index (κ1) is 8.81. The van der Waals surface area contributed by atoms with Crippen molar-refractivity contribution in [1.29, 1.82) is 0 Å². The summed E-state index contributed by atoms with van der Waals surface area (Å²) in [4.78, 5) is 8.51. The Morgan fingerprint density at radius 1 is 1.54 bits per heavy atom. The Labute approximate surface area is 82.4 Å². The molecule has 0 radical (unpaired) electrons. The lowest BCUT2D eigenvalue weighted by atomic mass is 10.5. The van der Waals surface area contributed by atoms with Gasteiger partial charge >= 0.3 is 0 Å². The second kappa shape index (κ2) is 3.54. The third-order valence-corrected chi connectivity index (χ3v) is 2.88. The van der Waals surface area contributed by atoms with Crippen molar-refractivity contribution >= 4 is 17.6 Å². The quantitative estimate of drug-likeness (QED) is 0.749. The minimum absolute atomic E-state index is 0.617. The van der Waals surface area contributed by atoms with E-state index in [1.54, 1.807) is 24.2 Å². The van der Waals surface area contributed by atoms with Crippen molar-refractivity contribution in [1.82, 2.24) is 9.97 Å². The SMILES string of the molecule is CSc1cncc(NC2CC2C)n1. The second-order valence-corrected chi connectivity index (χ2v) is 4.24. The zero-order valence-electron chi connectivity index (χ0n) is 7.82. The summed E-state index contributed by atoms with van der Waals surface area (Å²) in [7, 11) is 0. The Bertz CT molecular complexity index is 303. The van der Waals surface area contributed by atoms with Crippen LogP contribution in [0.4, 0.5) is 5.82 Å². The van der Waals surface area contributed by atoms with E-state index in [1.807, 2.05) is 6.26 Å². The van der Waals surface area contributed by atoms with Gasteiger partial charge in [0.1, 0.15) is 10.8 Å². The smallest absolute Gasteiger partial charge is 0.146 e. The first-order valence-corrected chi connectivity index (χ1v) is 5.64. The normalized spacial score (nSPS) is 25.7. The fourth-order valence-electron chi connectivity index (χ4n) is 1.23. The van der Waals surface area contributed by atoms with Gasteiger partial charge in [-0.2, -0.15) is 0 Å². The van der Waals surface area contributed by atoms with Crippen LogP contribution in [0, 0.1) is 5.92 Å². The highest BCUT2D eigenvalue weighted by Gasteiger charge is 2.32. The van der Waals surface area contributed by atoms with Gasteiger partial charge in [-0.05, 0) is 18.6 Å². The zero-order chi connectivity index (χ0) is 9.26. The molecule has 0 bridgehead atoms. The maximum atomic E-state index is 4.40. The molecule has 0 spiro atoms. The van der Waals surface area contributed by atoms with Crippen LogP contribution in [0.15, 0.2) is 17.4 Å². The van der Waals surface area contributed by atoms with Gasteiger partial charge in [0.2, 0.25) is 0 Å². The molecule has 70 valence electrons. The van der Waals surface area contributed by atoms with Gasteiger partial charge < -0.3 is 5.32 Å². The molecule has 1 aliphatic carbocycles. The summed E-state index contributed by atoms with van der Waals surface area (Å²) in [5.41, 5.74) is 0. The van der Waals surface area contributed by atoms with Gasteiger partial charge in [0, 0.05) is 6.04 Å². The zero-order valence-corrected chi connectivity index (χ0v) is 8.64. The molecule has 1 aliphatic rings. The molecule has 0 amide bonds. The average molecular weight is 195 g/mol. The van der Waals surface area contributed by atoms with Gasteiger partial charge in [0.15, 0.2) is 0 Å². The Morgan fingerprint density at radius 2 is 2.31 bits per heavy atom. The van der Waals surface area contributed by atoms with Gasteiger partial charge in [-0.15, -0.1) is 11.8 Å². The van der Waals surface area contributed by atoms with Crippen LogP contribution in [-0.4, -0.2) is 22.3 Å². The molecule has 13 heavy (non-hydrogen) atoms. The summed E-state index contributed by atoms with van der Waals surface area (Å²) in [6.07, 6.45) is 6.83. The van der Waals surface area contributed by atoms with Crippen LogP contribution in [0.25, 0.3) is 0 Å². The van der Waals surface area contributed by atoms with Crippen molar-refractivity contribution in [3.63, 3.8) is 0 Å². The third-order valence-electron chi connectivity index (χ3n) is 2.26. The van der Waals surface area contributed by atoms with Crippen LogP contribution in [0.5, 0.6) is 0 Å². The van der Waals surface area contributed by atoms with E-state index in [-0.39, 0.29) is 0 Å². The van der Waals surface area contributed by atoms with Crippen molar-refractivity contribution in [2.45, 2.75) is 24.4 Å². The fourth-order valence-corrected chi connectivity index (χ4v) is 1.58. The van der Waals surface area contributed by atoms with E-state index < -0.39 is 0 Å². The van der Waals surface area contributed by atoms with Crippen molar-refractivity contribution in [3.05, 3.63) is 12.4 Å². The Balaban J connectivity index is 2.03. The number of thioether (sulfide) groups is 1. The van der Waals surface area contributed by atoms with E-state index >= 15 is 0 Å². The largest absolute Gasteiger partial charge is 0.366 e. The standard InChI is InChI=1S/C9H13N3S/c1-6-3-7(6)11-8-4-10-5-9(12-8)13-2/h4-7H,3H2,1-2H3,(H,11,12). The number of rotatable bonds is 3. The first-order chi connectivity index (χ1) is 6.29. The van der Waals surface area contributed by atoms with Crippen LogP contribution >= 0.6 is 11.8 Å². The van der Waals surface area contributed by atoms with Crippen molar-refractivity contribution in [2.75, 3.05) is 11.6 Å². The predicted molar refractivity (Wildman–Crippen MR) is 55.0 cm³/mol. The third kappa shape index (κ3) is 2.12. The van der Waals surface area contributed by atoms with Crippen LogP contribution in [0.1, 0.15) is 13.3 Å². The molecule has 1 aromatic heterocycles. The average Bonchev–Trinajstić information content (AvgIpc) is 2.82. The van der Waals surface area contributed by atoms with Crippen molar-refractivity contribution in [3.8, 4) is 0 Å². The Morgan fingerprint density at radius 3 is 2.92 bits per heavy atom. The molecule has 0 aromatic carbocycles. The van der Waals surface area contributed by atoms with Gasteiger partial charge in [-0.25, -0.2) is 4.98 Å². The molecule has 3 nitrogen and oxygen atoms in total. The summed E-state index contributed by atoms with van der Waals surface area (Å²) in [6.45, 7) is 2.24. The van der Waals surface area contributed by atoms with Gasteiger partial charge in [0.25, 0.3) is 0 Å². The number of nitrogens with zero attached hydrogens (tertiary/aromatic N) is 2. The van der Waals surface area contributed by atoms with E-state index in [4.69, 9.17) is 0 Å². The fraction of sp³-hybridized carbons (Fsp3) is 0.556. The van der Waals surface area contributed by atoms with Crippen LogP contribution < -0.4 is 5.32 Å². The van der Waals surface area contributed by atoms with Crippen molar-refractivity contribution < 1.29 is 0 Å². The maximum Gasteiger partial charge on any atom is 0.146 e. The molecule has 1 aromatic rings. The van der Waals surface area contributed by atoms with E-state index in [0.29, 0.717) is 6.04 Å². The summed E-state index contributed by atoms with van der Waals surface area (Å²) in [5, 5.41) is 4.32. The van der Waals surface area contributed by atoms with E-state index in [9.17, 15) is 0 Å². The molecule has 0 saturated heterocycles. The number of anilines is 1. The molecule has 0 aliphatic heterocycles. The summed E-state index contributed by atoms with van der Waals surface area (Å²) in [5.74, 6) is 1.70. The van der Waals surface area contributed by atoms with Gasteiger partial charge in [-0.3, -0.25) is 4.98 Å². The highest BCUT2D eigenvalue weighted by atomic mass is 32.2. The second-order valence-electron chi connectivity index (χ2n) is 3.41. The van der Waals surface area contributed by atoms with Crippen molar-refractivity contribution in [2.24, 2.45) is 5.92 Å². The molecule has 1 saturated carbocycles. The molecule has 2 unspecified atom stereocenters. The minimum Gasteiger partial charge on any atom is -0.366 e. The minimum atomic E-state index is 0.617. The molecule has 2 atom stereocenters. The molecular formula is C9H13N3S. The Hall–Kier alpha value is -0.770. The maximum absolute atomic E-state index is 4.40. The van der Waals surface area contributed by atoms with E-state index in [1.165, 1.54) is 6.42 Å². The molecule has 2 rings (SSSR count). The number of hydrogen-bond acceptors (Lipinski definition) is 4. The number of nitrogens with one attached hydrogen (secondary N) is 1. The summed E-state index contributed by atoms with van der Waals surface area (Å²) >= 11 is 1.62. The lowest BCUT2D eigenvalue weighted by molar-refractivity contribution is 0.914. The Kier molecular flexibility index (Phi) is 2.40. The summed E-state index contributed by atoms with van der Waals surface area (Å²) in [6, 6.07) is 0.617. The lowest BCUT2D eigenvalue weighted by Crippen LogP contribution is -2.05. The molecular weight excluding hydrogens is 182 g/mol. The van der Waals surface area contributed by atoms with Gasteiger partial charge in [0.05, 0.1) is 12.4 Å². The topological polar surface area (TPSA) is 37.8 Å². The molecule has 1 N–H and O–H groups in total. The van der Waals surface area contributed by atoms with E-state index in [2.05, 4.69) is 22.2 Å². The van der Waals surface area contributed by atoms with Gasteiger partial charge in [-0.1, -0.05) is 6.92 Å². The monoisotopic (exact) mass is 195 g/mol. The van der Waals surface area contributed by atoms with Crippen LogP contribution in [0.3, 0.4) is 0 Å². The predicted octanol–water partition coefficient (Wildman–Crippen LogP) is 2.02. The summed E-state index contributed by atoms with van der Waals surface area (Å²) < 4.78 is 0. The molecule has 4 heteroatoms.